The van der Waals surface area contributed by atoms with Crippen molar-refractivity contribution in [3.05, 3.63) is 69.7 Å². The van der Waals surface area contributed by atoms with Gasteiger partial charge in [0.05, 0.1) is 0 Å². The first-order valence-corrected chi connectivity index (χ1v) is 7.42. The number of amides is 1. The van der Waals surface area contributed by atoms with Crippen molar-refractivity contribution in [2.45, 2.75) is 13.1 Å². The molecule has 5 heteroatoms. The molecule has 2 aromatic rings. The van der Waals surface area contributed by atoms with E-state index in [9.17, 15) is 4.79 Å². The molecule has 21 heavy (non-hydrogen) atoms. The van der Waals surface area contributed by atoms with Gasteiger partial charge in [0.25, 0.3) is 5.91 Å². The second kappa shape index (κ2) is 7.36. The summed E-state index contributed by atoms with van der Waals surface area (Å²) in [6, 6.07) is 15.6. The van der Waals surface area contributed by atoms with Gasteiger partial charge in [0.1, 0.15) is 0 Å². The Balaban J connectivity index is 2.11. The number of rotatable bonds is 5. The number of nitrogens with one attached hydrogen (secondary N) is 1. The Morgan fingerprint density at radius 1 is 1.10 bits per heavy atom. The number of hydrogen-bond acceptors (Lipinski definition) is 3. The molecule has 0 atom stereocenters. The summed E-state index contributed by atoms with van der Waals surface area (Å²) in [4.78, 5) is 13.9. The summed E-state index contributed by atoms with van der Waals surface area (Å²) in [5.74, 6) is 4.96. The molecule has 0 unspecified atom stereocenters. The largest absolute Gasteiger partial charge is 0.298 e. The fourth-order valence-electron chi connectivity index (χ4n) is 2.22. The maximum absolute atomic E-state index is 11.8. The molecule has 0 aliphatic rings. The van der Waals surface area contributed by atoms with E-state index in [4.69, 9.17) is 5.84 Å². The van der Waals surface area contributed by atoms with Crippen LogP contribution in [0.3, 0.4) is 0 Å². The predicted octanol–water partition coefficient (Wildman–Crippen LogP) is 2.68. The van der Waals surface area contributed by atoms with E-state index in [0.29, 0.717) is 12.1 Å². The third kappa shape index (κ3) is 4.14. The number of nitrogen functional groups attached to an aromatic ring is 1. The van der Waals surface area contributed by atoms with Crippen LogP contribution in [0.25, 0.3) is 0 Å². The molecule has 0 saturated carbocycles. The molecular weight excluding hydrogens is 330 g/mol. The van der Waals surface area contributed by atoms with E-state index in [2.05, 4.69) is 32.3 Å². The standard InChI is InChI=1S/C16H18BrN3O/c1-20(11-13-7-3-5-9-15(13)17)10-12-6-2-4-8-14(12)16(21)19-18/h2-9H,10-11,18H2,1H3,(H,19,21). The van der Waals surface area contributed by atoms with Gasteiger partial charge in [-0.1, -0.05) is 52.3 Å². The van der Waals surface area contributed by atoms with Gasteiger partial charge in [0.15, 0.2) is 0 Å². The molecular formula is C16H18BrN3O. The Hall–Kier alpha value is -1.69. The Bertz CT molecular complexity index is 630. The molecule has 0 aliphatic carbocycles. The number of halogens is 1. The van der Waals surface area contributed by atoms with Gasteiger partial charge >= 0.3 is 0 Å². The number of hydrogen-bond donors (Lipinski definition) is 2. The minimum atomic E-state index is -0.264. The molecule has 110 valence electrons. The lowest BCUT2D eigenvalue weighted by atomic mass is 10.1. The zero-order valence-electron chi connectivity index (χ0n) is 11.8. The maximum atomic E-state index is 11.8. The Morgan fingerprint density at radius 2 is 1.67 bits per heavy atom. The summed E-state index contributed by atoms with van der Waals surface area (Å²) in [5, 5.41) is 0. The zero-order chi connectivity index (χ0) is 15.2. The van der Waals surface area contributed by atoms with E-state index in [1.807, 2.05) is 43.4 Å². The fourth-order valence-corrected chi connectivity index (χ4v) is 2.63. The van der Waals surface area contributed by atoms with Crippen LogP contribution in [0.2, 0.25) is 0 Å². The third-order valence-corrected chi connectivity index (χ3v) is 4.01. The molecule has 0 bridgehead atoms. The Labute approximate surface area is 133 Å². The summed E-state index contributed by atoms with van der Waals surface area (Å²) >= 11 is 3.55. The van der Waals surface area contributed by atoms with E-state index in [-0.39, 0.29) is 5.91 Å². The number of carbonyl (C=O) groups is 1. The van der Waals surface area contributed by atoms with Crippen molar-refractivity contribution in [3.63, 3.8) is 0 Å². The van der Waals surface area contributed by atoms with Gasteiger partial charge in [-0.05, 0) is 30.3 Å². The van der Waals surface area contributed by atoms with Crippen LogP contribution in [0, 0.1) is 0 Å². The average molecular weight is 348 g/mol. The molecule has 0 saturated heterocycles. The zero-order valence-corrected chi connectivity index (χ0v) is 13.4. The van der Waals surface area contributed by atoms with E-state index in [1.54, 1.807) is 6.07 Å². The molecule has 0 fully saturated rings. The minimum absolute atomic E-state index is 0.264. The molecule has 1 amide bonds. The van der Waals surface area contributed by atoms with Gasteiger partial charge in [0.2, 0.25) is 0 Å². The van der Waals surface area contributed by atoms with Crippen molar-refractivity contribution in [3.8, 4) is 0 Å². The van der Waals surface area contributed by atoms with Crippen LogP contribution in [0.15, 0.2) is 53.0 Å². The highest BCUT2D eigenvalue weighted by Gasteiger charge is 2.11. The highest BCUT2D eigenvalue weighted by molar-refractivity contribution is 9.10. The fraction of sp³-hybridized carbons (Fsp3) is 0.188. The lowest BCUT2D eigenvalue weighted by Gasteiger charge is -2.19. The number of nitrogens with zero attached hydrogens (tertiary/aromatic N) is 1. The monoisotopic (exact) mass is 347 g/mol. The highest BCUT2D eigenvalue weighted by atomic mass is 79.9. The quantitative estimate of drug-likeness (QED) is 0.496. The van der Waals surface area contributed by atoms with Crippen LogP contribution in [-0.4, -0.2) is 17.9 Å². The van der Waals surface area contributed by atoms with Crippen LogP contribution in [-0.2, 0) is 13.1 Å². The topological polar surface area (TPSA) is 58.4 Å². The van der Waals surface area contributed by atoms with E-state index < -0.39 is 0 Å². The first-order valence-electron chi connectivity index (χ1n) is 6.62. The number of hydrazine groups is 1. The minimum Gasteiger partial charge on any atom is -0.298 e. The van der Waals surface area contributed by atoms with Crippen molar-refractivity contribution in [1.82, 2.24) is 10.3 Å². The number of nitrogens with two attached hydrogens (primary N) is 1. The summed E-state index contributed by atoms with van der Waals surface area (Å²) in [7, 11) is 2.02. The van der Waals surface area contributed by atoms with Gasteiger partial charge in [0, 0.05) is 23.1 Å². The Morgan fingerprint density at radius 3 is 2.33 bits per heavy atom. The number of benzene rings is 2. The van der Waals surface area contributed by atoms with Crippen LogP contribution < -0.4 is 11.3 Å². The van der Waals surface area contributed by atoms with E-state index >= 15 is 0 Å². The van der Waals surface area contributed by atoms with Crippen LogP contribution in [0.5, 0.6) is 0 Å². The number of carbonyl (C=O) groups excluding carboxylic acids is 1. The van der Waals surface area contributed by atoms with Crippen molar-refractivity contribution in [2.24, 2.45) is 5.84 Å². The van der Waals surface area contributed by atoms with Crippen LogP contribution >= 0.6 is 15.9 Å². The smallest absolute Gasteiger partial charge is 0.265 e. The Kier molecular flexibility index (Phi) is 5.50. The first-order chi connectivity index (χ1) is 10.1. The lowest BCUT2D eigenvalue weighted by molar-refractivity contribution is 0.0952. The van der Waals surface area contributed by atoms with Crippen molar-refractivity contribution in [1.29, 1.82) is 0 Å². The molecule has 0 heterocycles. The van der Waals surface area contributed by atoms with Crippen molar-refractivity contribution < 1.29 is 4.79 Å². The maximum Gasteiger partial charge on any atom is 0.265 e. The van der Waals surface area contributed by atoms with E-state index in [1.165, 1.54) is 5.56 Å². The first kappa shape index (κ1) is 15.7. The van der Waals surface area contributed by atoms with Gasteiger partial charge in [-0.15, -0.1) is 0 Å². The van der Waals surface area contributed by atoms with Gasteiger partial charge < -0.3 is 0 Å². The van der Waals surface area contributed by atoms with Gasteiger partial charge in [-0.2, -0.15) is 0 Å². The van der Waals surface area contributed by atoms with E-state index in [0.717, 1.165) is 16.6 Å². The SMILES string of the molecule is CN(Cc1ccccc1Br)Cc1ccccc1C(=O)NN. The molecule has 0 aromatic heterocycles. The highest BCUT2D eigenvalue weighted by Crippen LogP contribution is 2.19. The molecule has 2 aromatic carbocycles. The van der Waals surface area contributed by atoms with Crippen LogP contribution in [0.1, 0.15) is 21.5 Å². The summed E-state index contributed by atoms with van der Waals surface area (Å²) in [5.41, 5.74) is 4.96. The predicted molar refractivity (Wildman–Crippen MR) is 87.4 cm³/mol. The molecule has 2 rings (SSSR count). The summed E-state index contributed by atoms with van der Waals surface area (Å²) in [6.07, 6.45) is 0. The van der Waals surface area contributed by atoms with Crippen molar-refractivity contribution in [2.75, 3.05) is 7.05 Å². The average Bonchev–Trinajstić information content (AvgIpc) is 2.49. The second-order valence-corrected chi connectivity index (χ2v) is 5.75. The van der Waals surface area contributed by atoms with Gasteiger partial charge in [-0.25, -0.2) is 5.84 Å². The molecule has 0 spiro atoms. The molecule has 4 nitrogen and oxygen atoms in total. The third-order valence-electron chi connectivity index (χ3n) is 3.23. The molecule has 3 N–H and O–H groups in total. The second-order valence-electron chi connectivity index (χ2n) is 4.89. The molecule has 0 radical (unpaired) electrons. The summed E-state index contributed by atoms with van der Waals surface area (Å²) < 4.78 is 1.09. The van der Waals surface area contributed by atoms with Crippen molar-refractivity contribution >= 4 is 21.8 Å². The lowest BCUT2D eigenvalue weighted by Crippen LogP contribution is -2.31. The van der Waals surface area contributed by atoms with Gasteiger partial charge in [-0.3, -0.25) is 15.1 Å². The van der Waals surface area contributed by atoms with Crippen LogP contribution in [0.4, 0.5) is 0 Å². The normalized spacial score (nSPS) is 10.7. The molecule has 0 aliphatic heterocycles. The summed E-state index contributed by atoms with van der Waals surface area (Å²) in [6.45, 7) is 1.46.